The summed E-state index contributed by atoms with van der Waals surface area (Å²) in [6.45, 7) is 7.23. The maximum absolute atomic E-state index is 12.3. The van der Waals surface area contributed by atoms with Crippen LogP contribution < -0.4 is 16.9 Å². The minimum absolute atomic E-state index is 0. The molecule has 5 N–H and O–H groups in total. The molecule has 0 rings (SSSR count). The van der Waals surface area contributed by atoms with Gasteiger partial charge in [-0.25, -0.2) is 10.4 Å². The monoisotopic (exact) mass is 347 g/mol. The second-order valence-electron chi connectivity index (χ2n) is 5.53. The van der Waals surface area contributed by atoms with Crippen molar-refractivity contribution in [3.8, 4) is 0 Å². The molecule has 24 heavy (non-hydrogen) atoms. The van der Waals surface area contributed by atoms with Crippen molar-refractivity contribution in [1.29, 1.82) is 0 Å². The third-order valence-corrected chi connectivity index (χ3v) is 3.36. The van der Waals surface area contributed by atoms with E-state index < -0.39 is 0 Å². The molecule has 0 unspecified atom stereocenters. The molecular weight excluding hydrogens is 306 g/mol. The molecule has 8 nitrogen and oxygen atoms in total. The molecule has 0 aromatic carbocycles. The number of carbonyl (C=O) groups is 1. The first-order chi connectivity index (χ1) is 10.3. The highest BCUT2D eigenvalue weighted by atomic mass is 16.2. The molecule has 0 heterocycles. The first-order valence-electron chi connectivity index (χ1n) is 7.77. The average molecular weight is 348 g/mol. The Labute approximate surface area is 149 Å². The van der Waals surface area contributed by atoms with Gasteiger partial charge in [0.2, 0.25) is 5.91 Å². The smallest absolute Gasteiger partial charge is 0.240 e. The standard InChI is InChI=1S/C14H33N7O.2CH4/c1-6-20(5)11-21(7-2)18-12(13(22)19(3)4)9-8-10-17-14(15)16;;/h12,18H,6-11H2,1-5H3,(H4,15,16,17);2*1H4/t12-;;/m0../s1. The predicted molar refractivity (Wildman–Crippen MR) is 105 cm³/mol. The summed E-state index contributed by atoms with van der Waals surface area (Å²) >= 11 is 0. The topological polar surface area (TPSA) is 103 Å². The number of hydrogen-bond donors (Lipinski definition) is 3. The summed E-state index contributed by atoms with van der Waals surface area (Å²) in [6, 6.07) is -0.269. The van der Waals surface area contributed by atoms with Gasteiger partial charge in [-0.2, -0.15) is 0 Å². The zero-order valence-electron chi connectivity index (χ0n) is 14.7. The molecule has 1 atom stereocenters. The van der Waals surface area contributed by atoms with E-state index in [1.807, 2.05) is 7.05 Å². The van der Waals surface area contributed by atoms with Gasteiger partial charge in [0, 0.05) is 27.2 Å². The Morgan fingerprint density at radius 3 is 2.12 bits per heavy atom. The zero-order valence-corrected chi connectivity index (χ0v) is 14.7. The molecule has 0 saturated carbocycles. The normalized spacial score (nSPS) is 11.5. The lowest BCUT2D eigenvalue weighted by Crippen LogP contribution is -2.54. The van der Waals surface area contributed by atoms with Gasteiger partial charge in [0.05, 0.1) is 6.67 Å². The summed E-state index contributed by atoms with van der Waals surface area (Å²) in [5.41, 5.74) is 14.0. The van der Waals surface area contributed by atoms with E-state index in [-0.39, 0.29) is 32.8 Å². The van der Waals surface area contributed by atoms with Crippen molar-refractivity contribution in [2.24, 2.45) is 16.5 Å². The highest BCUT2D eigenvalue weighted by molar-refractivity contribution is 5.81. The van der Waals surface area contributed by atoms with Gasteiger partial charge in [-0.3, -0.25) is 14.7 Å². The summed E-state index contributed by atoms with van der Waals surface area (Å²) in [6.07, 6.45) is 1.43. The Balaban J connectivity index is -0.00000220. The van der Waals surface area contributed by atoms with Crippen LogP contribution in [0.3, 0.4) is 0 Å². The van der Waals surface area contributed by atoms with Gasteiger partial charge in [0.15, 0.2) is 5.96 Å². The number of amides is 1. The third-order valence-electron chi connectivity index (χ3n) is 3.36. The average Bonchev–Trinajstić information content (AvgIpc) is 2.47. The summed E-state index contributed by atoms with van der Waals surface area (Å²) in [4.78, 5) is 20.1. The number of nitrogens with zero attached hydrogens (tertiary/aromatic N) is 4. The summed E-state index contributed by atoms with van der Waals surface area (Å²) in [5, 5.41) is 2.05. The van der Waals surface area contributed by atoms with Crippen LogP contribution >= 0.6 is 0 Å². The van der Waals surface area contributed by atoms with E-state index in [2.05, 4.69) is 34.2 Å². The minimum Gasteiger partial charge on any atom is -0.370 e. The van der Waals surface area contributed by atoms with Gasteiger partial charge in [0.25, 0.3) is 0 Å². The molecule has 1 amide bonds. The van der Waals surface area contributed by atoms with Crippen molar-refractivity contribution in [1.82, 2.24) is 20.2 Å². The molecule has 0 fully saturated rings. The minimum atomic E-state index is -0.269. The predicted octanol–water partition coefficient (Wildman–Crippen LogP) is 0.505. The van der Waals surface area contributed by atoms with Crippen molar-refractivity contribution in [2.75, 3.05) is 47.4 Å². The highest BCUT2D eigenvalue weighted by Gasteiger charge is 2.22. The number of rotatable bonds is 11. The number of carbonyl (C=O) groups excluding carboxylic acids is 1. The Morgan fingerprint density at radius 2 is 1.71 bits per heavy atom. The summed E-state index contributed by atoms with van der Waals surface area (Å²) < 4.78 is 0. The number of hydrogen-bond acceptors (Lipinski definition) is 5. The van der Waals surface area contributed by atoms with Crippen molar-refractivity contribution >= 4 is 11.9 Å². The van der Waals surface area contributed by atoms with Crippen molar-refractivity contribution in [2.45, 2.75) is 47.6 Å². The van der Waals surface area contributed by atoms with Crippen LogP contribution in [0.5, 0.6) is 0 Å². The number of aliphatic imine (C=N–C) groups is 1. The van der Waals surface area contributed by atoms with Crippen LogP contribution in [0, 0.1) is 0 Å². The maximum Gasteiger partial charge on any atom is 0.240 e. The zero-order chi connectivity index (χ0) is 17.1. The van der Waals surface area contributed by atoms with Crippen LogP contribution in [-0.2, 0) is 4.79 Å². The Morgan fingerprint density at radius 1 is 1.12 bits per heavy atom. The third kappa shape index (κ3) is 12.1. The maximum atomic E-state index is 12.3. The van der Waals surface area contributed by atoms with Crippen molar-refractivity contribution in [3.05, 3.63) is 0 Å². The van der Waals surface area contributed by atoms with E-state index in [0.717, 1.165) is 26.2 Å². The Kier molecular flexibility index (Phi) is 17.4. The molecule has 0 aromatic rings. The molecule has 0 aliphatic heterocycles. The number of hydrazine groups is 1. The number of nitrogens with one attached hydrogen (secondary N) is 1. The first kappa shape index (κ1) is 27.5. The number of nitrogens with two attached hydrogens (primary N) is 2. The largest absolute Gasteiger partial charge is 0.370 e. The first-order valence-corrected chi connectivity index (χ1v) is 7.77. The van der Waals surface area contributed by atoms with E-state index in [1.165, 1.54) is 0 Å². The molecule has 8 heteroatoms. The van der Waals surface area contributed by atoms with E-state index in [4.69, 9.17) is 11.5 Å². The quantitative estimate of drug-likeness (QED) is 0.165. The van der Waals surface area contributed by atoms with E-state index in [1.54, 1.807) is 19.0 Å². The number of guanidine groups is 1. The molecule has 0 radical (unpaired) electrons. The SMILES string of the molecule is C.C.CCN(C)CN(CC)N[C@@H](CCCN=C(N)N)C(=O)N(C)C. The molecule has 0 bridgehead atoms. The number of likely N-dealkylation sites (N-methyl/N-ethyl adjacent to an activating group) is 1. The van der Waals surface area contributed by atoms with Gasteiger partial charge >= 0.3 is 0 Å². The lowest BCUT2D eigenvalue weighted by atomic mass is 10.1. The van der Waals surface area contributed by atoms with Crippen LogP contribution in [0.2, 0.25) is 0 Å². The molecular formula is C16H41N7O. The Bertz CT molecular complexity index is 343. The summed E-state index contributed by atoms with van der Waals surface area (Å²) in [5.74, 6) is 0.144. The van der Waals surface area contributed by atoms with Crippen LogP contribution in [0.4, 0.5) is 0 Å². The van der Waals surface area contributed by atoms with Gasteiger partial charge in [0.1, 0.15) is 6.04 Å². The van der Waals surface area contributed by atoms with Gasteiger partial charge < -0.3 is 16.4 Å². The van der Waals surface area contributed by atoms with Crippen LogP contribution in [-0.4, -0.2) is 80.2 Å². The van der Waals surface area contributed by atoms with E-state index in [0.29, 0.717) is 13.0 Å². The van der Waals surface area contributed by atoms with Crippen LogP contribution in [0.15, 0.2) is 4.99 Å². The van der Waals surface area contributed by atoms with Crippen molar-refractivity contribution < 1.29 is 4.79 Å². The van der Waals surface area contributed by atoms with Gasteiger partial charge in [-0.15, -0.1) is 0 Å². The molecule has 0 aliphatic rings. The molecule has 0 saturated heterocycles. The summed E-state index contributed by atoms with van der Waals surface area (Å²) in [7, 11) is 5.58. The highest BCUT2D eigenvalue weighted by Crippen LogP contribution is 2.03. The van der Waals surface area contributed by atoms with E-state index in [9.17, 15) is 4.79 Å². The van der Waals surface area contributed by atoms with E-state index >= 15 is 0 Å². The van der Waals surface area contributed by atoms with Crippen molar-refractivity contribution in [3.63, 3.8) is 0 Å². The second-order valence-corrected chi connectivity index (χ2v) is 5.53. The lowest BCUT2D eigenvalue weighted by Gasteiger charge is -2.31. The second kappa shape index (κ2) is 15.2. The molecule has 0 aliphatic carbocycles. The molecule has 0 spiro atoms. The van der Waals surface area contributed by atoms with Gasteiger partial charge in [-0.1, -0.05) is 28.7 Å². The lowest BCUT2D eigenvalue weighted by molar-refractivity contribution is -0.133. The fourth-order valence-electron chi connectivity index (χ4n) is 1.90. The Hall–Kier alpha value is -1.38. The van der Waals surface area contributed by atoms with Crippen LogP contribution in [0.1, 0.15) is 41.5 Å². The van der Waals surface area contributed by atoms with Gasteiger partial charge in [-0.05, 0) is 26.4 Å². The molecule has 146 valence electrons. The fourth-order valence-corrected chi connectivity index (χ4v) is 1.90. The van der Waals surface area contributed by atoms with Crippen LogP contribution in [0.25, 0.3) is 0 Å². The fraction of sp³-hybridized carbons (Fsp3) is 0.875. The molecule has 0 aromatic heterocycles.